The third-order valence-electron chi connectivity index (χ3n) is 6.13. The monoisotopic (exact) mass is 462 g/mol. The van der Waals surface area contributed by atoms with Crippen LogP contribution in [0.25, 0.3) is 0 Å². The van der Waals surface area contributed by atoms with Crippen LogP contribution in [0.1, 0.15) is 11.9 Å². The molecule has 1 N–H and O–H groups in total. The van der Waals surface area contributed by atoms with Crippen molar-refractivity contribution < 1.29 is 13.9 Å². The van der Waals surface area contributed by atoms with Crippen LogP contribution >= 0.6 is 11.6 Å². The number of aromatic nitrogens is 2. The minimum absolute atomic E-state index is 0.111. The molecule has 1 aromatic carbocycles. The van der Waals surface area contributed by atoms with Gasteiger partial charge in [-0.25, -0.2) is 9.97 Å². The predicted octanol–water partition coefficient (Wildman–Crippen LogP) is 2.09. The zero-order chi connectivity index (χ0) is 21.9. The molecule has 4 heterocycles. The molecule has 32 heavy (non-hydrogen) atoms. The predicted molar refractivity (Wildman–Crippen MR) is 122 cm³/mol. The molecular weight excluding hydrogens is 435 g/mol. The van der Waals surface area contributed by atoms with Crippen molar-refractivity contribution in [3.8, 4) is 0 Å². The van der Waals surface area contributed by atoms with Crippen LogP contribution in [0, 0.1) is 5.82 Å². The number of ether oxygens (including phenoxy) is 2. The van der Waals surface area contributed by atoms with Crippen LogP contribution in [0.5, 0.6) is 0 Å². The molecule has 3 fully saturated rings. The van der Waals surface area contributed by atoms with E-state index in [1.165, 1.54) is 0 Å². The van der Waals surface area contributed by atoms with Crippen molar-refractivity contribution in [3.05, 3.63) is 40.9 Å². The molecule has 0 spiro atoms. The van der Waals surface area contributed by atoms with Crippen molar-refractivity contribution >= 4 is 28.9 Å². The van der Waals surface area contributed by atoms with E-state index in [-0.39, 0.29) is 11.9 Å². The second-order valence-electron chi connectivity index (χ2n) is 8.17. The van der Waals surface area contributed by atoms with Gasteiger partial charge in [-0.15, -0.1) is 0 Å². The van der Waals surface area contributed by atoms with Gasteiger partial charge in [0.15, 0.2) is 17.5 Å². The second-order valence-corrected chi connectivity index (χ2v) is 8.61. The largest absolute Gasteiger partial charge is 0.378 e. The van der Waals surface area contributed by atoms with Crippen molar-refractivity contribution in [2.75, 3.05) is 86.9 Å². The van der Waals surface area contributed by atoms with Gasteiger partial charge in [0.25, 0.3) is 0 Å². The molecule has 0 aliphatic carbocycles. The number of morpholine rings is 2. The summed E-state index contributed by atoms with van der Waals surface area (Å²) in [6, 6.07) is 7.73. The highest BCUT2D eigenvalue weighted by molar-refractivity contribution is 6.30. The molecule has 3 aliphatic rings. The normalized spacial score (nSPS) is 22.3. The van der Waals surface area contributed by atoms with Crippen LogP contribution in [0.15, 0.2) is 24.3 Å². The quantitative estimate of drug-likeness (QED) is 0.741. The van der Waals surface area contributed by atoms with Gasteiger partial charge in [-0.3, -0.25) is 0 Å². The summed E-state index contributed by atoms with van der Waals surface area (Å²) in [5.41, 5.74) is 1.10. The van der Waals surface area contributed by atoms with Crippen LogP contribution < -0.4 is 20.0 Å². The van der Waals surface area contributed by atoms with Gasteiger partial charge in [-0.05, 0) is 24.3 Å². The second kappa shape index (κ2) is 9.74. The Labute approximate surface area is 192 Å². The summed E-state index contributed by atoms with van der Waals surface area (Å²) in [7, 11) is 0. The van der Waals surface area contributed by atoms with Crippen LogP contribution in [0.4, 0.5) is 21.7 Å². The lowest BCUT2D eigenvalue weighted by atomic mass is 10.1. The molecule has 0 amide bonds. The van der Waals surface area contributed by atoms with Crippen molar-refractivity contribution in [2.24, 2.45) is 0 Å². The number of anilines is 3. The zero-order valence-corrected chi connectivity index (χ0v) is 18.7. The van der Waals surface area contributed by atoms with E-state index in [0.717, 1.165) is 18.8 Å². The standard InChI is InChI=1S/C22H28ClFN6O2/c23-16-1-3-17(4-2-16)30-6-5-25-18(15-30)20-26-21(28-7-11-31-12-8-28)19(24)22(27-20)29-9-13-32-14-10-29/h1-4,18,25H,5-15H2. The number of hydrogen-bond acceptors (Lipinski definition) is 8. The molecule has 10 heteroatoms. The molecule has 0 saturated carbocycles. The van der Waals surface area contributed by atoms with E-state index >= 15 is 4.39 Å². The molecule has 5 rings (SSSR count). The highest BCUT2D eigenvalue weighted by Gasteiger charge is 2.30. The molecule has 3 saturated heterocycles. The first-order valence-corrected chi connectivity index (χ1v) is 11.5. The summed E-state index contributed by atoms with van der Waals surface area (Å²) in [5, 5.41) is 4.24. The minimum atomic E-state index is -0.358. The average molecular weight is 463 g/mol. The van der Waals surface area contributed by atoms with Crippen molar-refractivity contribution in [1.82, 2.24) is 15.3 Å². The van der Waals surface area contributed by atoms with Crippen LogP contribution in [0.2, 0.25) is 5.02 Å². The van der Waals surface area contributed by atoms with Crippen molar-refractivity contribution in [2.45, 2.75) is 6.04 Å². The average Bonchev–Trinajstić information content (AvgIpc) is 2.86. The Morgan fingerprint density at radius 1 is 0.844 bits per heavy atom. The van der Waals surface area contributed by atoms with E-state index in [0.29, 0.717) is 81.6 Å². The summed E-state index contributed by atoms with van der Waals surface area (Å²) in [5.74, 6) is 0.992. The molecule has 0 radical (unpaired) electrons. The van der Waals surface area contributed by atoms with E-state index < -0.39 is 0 Å². The summed E-state index contributed by atoms with van der Waals surface area (Å²) in [6.45, 7) is 7.08. The highest BCUT2D eigenvalue weighted by Crippen LogP contribution is 2.30. The Hall–Kier alpha value is -2.20. The van der Waals surface area contributed by atoms with Crippen molar-refractivity contribution in [1.29, 1.82) is 0 Å². The third kappa shape index (κ3) is 4.61. The first-order chi connectivity index (χ1) is 15.7. The number of nitrogens with one attached hydrogen (secondary N) is 1. The van der Waals surface area contributed by atoms with E-state index in [4.69, 9.17) is 31.0 Å². The van der Waals surface area contributed by atoms with Crippen LogP contribution in [0.3, 0.4) is 0 Å². The maximum absolute atomic E-state index is 15.6. The highest BCUT2D eigenvalue weighted by atomic mass is 35.5. The van der Waals surface area contributed by atoms with Gasteiger partial charge in [0, 0.05) is 56.5 Å². The number of benzene rings is 1. The van der Waals surface area contributed by atoms with E-state index in [1.807, 2.05) is 34.1 Å². The van der Waals surface area contributed by atoms with Gasteiger partial charge < -0.3 is 29.5 Å². The maximum Gasteiger partial charge on any atom is 0.208 e. The van der Waals surface area contributed by atoms with E-state index in [2.05, 4.69) is 10.2 Å². The number of hydrogen-bond donors (Lipinski definition) is 1. The fourth-order valence-corrected chi connectivity index (χ4v) is 4.50. The van der Waals surface area contributed by atoms with Gasteiger partial charge >= 0.3 is 0 Å². The molecule has 0 bridgehead atoms. The smallest absolute Gasteiger partial charge is 0.208 e. The van der Waals surface area contributed by atoms with Gasteiger partial charge in [0.1, 0.15) is 0 Å². The molecule has 1 atom stereocenters. The number of halogens is 2. The van der Waals surface area contributed by atoms with Crippen molar-refractivity contribution in [3.63, 3.8) is 0 Å². The first kappa shape index (κ1) is 21.6. The molecule has 1 aromatic heterocycles. The number of nitrogens with zero attached hydrogens (tertiary/aromatic N) is 5. The lowest BCUT2D eigenvalue weighted by Gasteiger charge is -2.36. The zero-order valence-electron chi connectivity index (χ0n) is 18.0. The fourth-order valence-electron chi connectivity index (χ4n) is 4.37. The van der Waals surface area contributed by atoms with Gasteiger partial charge in [0.2, 0.25) is 5.82 Å². The molecular formula is C22H28ClFN6O2. The van der Waals surface area contributed by atoms with Gasteiger partial charge in [-0.1, -0.05) is 11.6 Å². The SMILES string of the molecule is Fc1c(N2CCOCC2)nc(C2CN(c3ccc(Cl)cc3)CCN2)nc1N1CCOCC1. The van der Waals surface area contributed by atoms with Crippen LogP contribution in [-0.4, -0.2) is 82.2 Å². The Morgan fingerprint density at radius 3 is 1.97 bits per heavy atom. The Bertz CT molecular complexity index is 882. The lowest BCUT2D eigenvalue weighted by Crippen LogP contribution is -2.47. The Balaban J connectivity index is 1.46. The molecule has 2 aromatic rings. The molecule has 1 unspecified atom stereocenters. The first-order valence-electron chi connectivity index (χ1n) is 11.2. The molecule has 172 valence electrons. The van der Waals surface area contributed by atoms with E-state index in [9.17, 15) is 0 Å². The fraction of sp³-hybridized carbons (Fsp3) is 0.545. The summed E-state index contributed by atoms with van der Waals surface area (Å²) >= 11 is 6.06. The molecule has 8 nitrogen and oxygen atoms in total. The Kier molecular flexibility index (Phi) is 6.59. The summed E-state index contributed by atoms with van der Waals surface area (Å²) in [6.07, 6.45) is 0. The summed E-state index contributed by atoms with van der Waals surface area (Å²) < 4.78 is 26.6. The van der Waals surface area contributed by atoms with Crippen LogP contribution in [-0.2, 0) is 9.47 Å². The van der Waals surface area contributed by atoms with E-state index in [1.54, 1.807) is 0 Å². The van der Waals surface area contributed by atoms with Gasteiger partial charge in [0.05, 0.1) is 32.5 Å². The van der Waals surface area contributed by atoms with Gasteiger partial charge in [-0.2, -0.15) is 4.39 Å². The summed E-state index contributed by atoms with van der Waals surface area (Å²) in [4.78, 5) is 15.7. The topological polar surface area (TPSA) is 66.0 Å². The maximum atomic E-state index is 15.6. The lowest BCUT2D eigenvalue weighted by molar-refractivity contribution is 0.121. The number of rotatable bonds is 4. The molecule has 3 aliphatic heterocycles. The third-order valence-corrected chi connectivity index (χ3v) is 6.39. The Morgan fingerprint density at radius 2 is 1.41 bits per heavy atom. The minimum Gasteiger partial charge on any atom is -0.378 e. The number of piperazine rings is 1.